The first kappa shape index (κ1) is 42.7. The molecule has 3 unspecified atom stereocenters. The molecular weight excluding hydrogens is 678 g/mol. The Hall–Kier alpha value is -4.42. The standard InChI is InChI=1S/C38H52ClN3O9/c1-24(2)18-32(36(46)47)51-37(48)38(4,5)23-41-35(45)29(20-27-16-17-30(49-6)28(39)19-27)42-33(43)15-11-10-12-25(3)31(50-34(44)22-40)21-26-13-8-7-9-14-26/h7-9,11,13-17,19,24-25,29,31-32H,10,12,18,20-23,40H2,1-6H3,(H,41,45)(H,42,43)(H,46,47)/b15-11+/t25?,29-,31?,32?/m1/s1. The highest BCUT2D eigenvalue weighted by Crippen LogP contribution is 2.26. The maximum atomic E-state index is 13.5. The molecule has 2 aromatic rings. The third-order valence-corrected chi connectivity index (χ3v) is 8.47. The summed E-state index contributed by atoms with van der Waals surface area (Å²) in [5, 5.41) is 15.3. The van der Waals surface area contributed by atoms with Crippen LogP contribution in [0.3, 0.4) is 0 Å². The van der Waals surface area contributed by atoms with Gasteiger partial charge in [-0.2, -0.15) is 0 Å². The fourth-order valence-electron chi connectivity index (χ4n) is 5.08. The first-order valence-corrected chi connectivity index (χ1v) is 17.4. The van der Waals surface area contributed by atoms with Gasteiger partial charge in [-0.1, -0.05) is 74.8 Å². The Labute approximate surface area is 305 Å². The second kappa shape index (κ2) is 21.1. The van der Waals surface area contributed by atoms with Crippen LogP contribution in [0.2, 0.25) is 5.02 Å². The van der Waals surface area contributed by atoms with Gasteiger partial charge in [0.15, 0.2) is 6.10 Å². The minimum Gasteiger partial charge on any atom is -0.495 e. The smallest absolute Gasteiger partial charge is 0.345 e. The summed E-state index contributed by atoms with van der Waals surface area (Å²) in [5.74, 6) is -3.22. The van der Waals surface area contributed by atoms with Gasteiger partial charge in [-0.05, 0) is 74.3 Å². The van der Waals surface area contributed by atoms with Crippen LogP contribution in [0.4, 0.5) is 0 Å². The van der Waals surface area contributed by atoms with Gasteiger partial charge in [0.25, 0.3) is 0 Å². The van der Waals surface area contributed by atoms with Crippen LogP contribution in [0, 0.1) is 17.3 Å². The first-order chi connectivity index (χ1) is 24.1. The van der Waals surface area contributed by atoms with Gasteiger partial charge in [0.05, 0.1) is 24.1 Å². The fourth-order valence-corrected chi connectivity index (χ4v) is 5.36. The highest BCUT2D eigenvalue weighted by molar-refractivity contribution is 6.32. The highest BCUT2D eigenvalue weighted by atomic mass is 35.5. The number of nitrogens with two attached hydrogens (primary N) is 1. The SMILES string of the molecule is COc1ccc(C[C@@H](NC(=O)/C=C/CCC(C)C(Cc2ccccc2)OC(=O)CN)C(=O)NCC(C)(C)C(=O)OC(CC(C)C)C(=O)O)cc1Cl. The number of amides is 2. The number of carbonyl (C=O) groups is 5. The summed E-state index contributed by atoms with van der Waals surface area (Å²) < 4.78 is 16.1. The molecular formula is C38H52ClN3O9. The zero-order valence-electron chi connectivity index (χ0n) is 30.3. The molecule has 0 heterocycles. The number of esters is 2. The lowest BCUT2D eigenvalue weighted by Gasteiger charge is -2.27. The molecule has 0 aromatic heterocycles. The summed E-state index contributed by atoms with van der Waals surface area (Å²) in [4.78, 5) is 63.1. The molecule has 12 nitrogen and oxygen atoms in total. The third-order valence-electron chi connectivity index (χ3n) is 8.18. The molecule has 280 valence electrons. The Morgan fingerprint density at radius 1 is 0.980 bits per heavy atom. The van der Waals surface area contributed by atoms with Crippen molar-refractivity contribution in [1.29, 1.82) is 0 Å². The second-order valence-corrected chi connectivity index (χ2v) is 14.0. The molecule has 0 saturated heterocycles. The van der Waals surface area contributed by atoms with Crippen LogP contribution in [0.25, 0.3) is 0 Å². The van der Waals surface area contributed by atoms with E-state index in [4.69, 9.17) is 31.5 Å². The van der Waals surface area contributed by atoms with Gasteiger partial charge in [-0.25, -0.2) is 4.79 Å². The Morgan fingerprint density at radius 3 is 2.25 bits per heavy atom. The number of carboxylic acids is 1. The molecule has 2 rings (SSSR count). The number of ether oxygens (including phenoxy) is 3. The van der Waals surface area contributed by atoms with Crippen LogP contribution in [0.1, 0.15) is 65.0 Å². The molecule has 0 aliphatic carbocycles. The van der Waals surface area contributed by atoms with E-state index in [0.29, 0.717) is 35.6 Å². The van der Waals surface area contributed by atoms with E-state index >= 15 is 0 Å². The highest BCUT2D eigenvalue weighted by Gasteiger charge is 2.35. The quantitative estimate of drug-likeness (QED) is 0.104. The first-order valence-electron chi connectivity index (χ1n) is 17.0. The lowest BCUT2D eigenvalue weighted by atomic mass is 9.93. The Bertz CT molecular complexity index is 1500. The summed E-state index contributed by atoms with van der Waals surface area (Å²) in [7, 11) is 1.48. The van der Waals surface area contributed by atoms with Crippen molar-refractivity contribution in [3.63, 3.8) is 0 Å². The van der Waals surface area contributed by atoms with Crippen LogP contribution in [0.15, 0.2) is 60.7 Å². The van der Waals surface area contributed by atoms with E-state index in [1.807, 2.05) is 51.1 Å². The number of hydrogen-bond donors (Lipinski definition) is 4. The van der Waals surface area contributed by atoms with Gasteiger partial charge in [-0.3, -0.25) is 19.2 Å². The van der Waals surface area contributed by atoms with Crippen LogP contribution in [-0.2, 0) is 46.3 Å². The second-order valence-electron chi connectivity index (χ2n) is 13.6. The zero-order valence-corrected chi connectivity index (χ0v) is 31.0. The van der Waals surface area contributed by atoms with E-state index in [0.717, 1.165) is 5.56 Å². The van der Waals surface area contributed by atoms with Crippen LogP contribution < -0.4 is 21.1 Å². The van der Waals surface area contributed by atoms with Crippen molar-refractivity contribution in [3.05, 3.63) is 76.8 Å². The molecule has 0 aliphatic rings. The zero-order chi connectivity index (χ0) is 38.1. The largest absolute Gasteiger partial charge is 0.495 e. The summed E-state index contributed by atoms with van der Waals surface area (Å²) in [6, 6.07) is 13.6. The molecule has 2 aromatic carbocycles. The molecule has 13 heteroatoms. The Kier molecular flexibility index (Phi) is 17.7. The van der Waals surface area contributed by atoms with Crippen molar-refractivity contribution in [2.45, 2.75) is 85.0 Å². The molecule has 4 atom stereocenters. The maximum absolute atomic E-state index is 13.5. The predicted octanol–water partition coefficient (Wildman–Crippen LogP) is 4.65. The number of benzene rings is 2. The summed E-state index contributed by atoms with van der Waals surface area (Å²) >= 11 is 6.31. The van der Waals surface area contributed by atoms with Crippen LogP contribution in [0.5, 0.6) is 5.75 Å². The van der Waals surface area contributed by atoms with Crippen LogP contribution in [-0.4, -0.2) is 73.3 Å². The number of aliphatic carboxylic acids is 1. The lowest BCUT2D eigenvalue weighted by Crippen LogP contribution is -2.51. The molecule has 51 heavy (non-hydrogen) atoms. The third kappa shape index (κ3) is 15.2. The van der Waals surface area contributed by atoms with Gasteiger partial charge in [0.2, 0.25) is 11.8 Å². The average molecular weight is 730 g/mol. The van der Waals surface area contributed by atoms with Crippen molar-refractivity contribution >= 4 is 41.3 Å². The number of rotatable bonds is 21. The minimum atomic E-state index is -1.31. The lowest BCUT2D eigenvalue weighted by molar-refractivity contribution is -0.171. The van der Waals surface area contributed by atoms with Gasteiger partial charge in [0, 0.05) is 19.4 Å². The number of carboxylic acid groups (broad SMARTS) is 1. The maximum Gasteiger partial charge on any atom is 0.345 e. The van der Waals surface area contributed by atoms with Gasteiger partial charge < -0.3 is 35.7 Å². The number of carbonyl (C=O) groups excluding carboxylic acids is 4. The van der Waals surface area contributed by atoms with E-state index < -0.39 is 53.4 Å². The van der Waals surface area contributed by atoms with Crippen molar-refractivity contribution in [1.82, 2.24) is 10.6 Å². The van der Waals surface area contributed by atoms with E-state index in [1.54, 1.807) is 24.3 Å². The Morgan fingerprint density at radius 2 is 1.67 bits per heavy atom. The number of halogens is 1. The van der Waals surface area contributed by atoms with E-state index in [2.05, 4.69) is 10.6 Å². The van der Waals surface area contributed by atoms with Crippen molar-refractivity contribution < 1.29 is 43.3 Å². The monoisotopic (exact) mass is 729 g/mol. The number of hydrogen-bond acceptors (Lipinski definition) is 9. The summed E-state index contributed by atoms with van der Waals surface area (Å²) in [6.07, 6.45) is 3.15. The fraction of sp³-hybridized carbons (Fsp3) is 0.500. The molecule has 0 aliphatic heterocycles. The van der Waals surface area contributed by atoms with E-state index in [9.17, 15) is 29.1 Å². The van der Waals surface area contributed by atoms with Crippen molar-refractivity contribution in [2.24, 2.45) is 23.0 Å². The molecule has 0 bridgehead atoms. The molecule has 2 amide bonds. The topological polar surface area (TPSA) is 183 Å². The van der Waals surface area contributed by atoms with E-state index in [1.165, 1.54) is 27.0 Å². The van der Waals surface area contributed by atoms with Crippen molar-refractivity contribution in [3.8, 4) is 5.75 Å². The molecule has 5 N–H and O–H groups in total. The molecule has 0 saturated carbocycles. The predicted molar refractivity (Wildman–Crippen MR) is 194 cm³/mol. The Balaban J connectivity index is 2.12. The number of nitrogens with one attached hydrogen (secondary N) is 2. The van der Waals surface area contributed by atoms with Crippen molar-refractivity contribution in [2.75, 3.05) is 20.2 Å². The summed E-state index contributed by atoms with van der Waals surface area (Å²) in [6.45, 7) is 8.27. The average Bonchev–Trinajstić information content (AvgIpc) is 3.08. The van der Waals surface area contributed by atoms with Gasteiger partial charge in [-0.15, -0.1) is 0 Å². The van der Waals surface area contributed by atoms with Gasteiger partial charge >= 0.3 is 17.9 Å². The number of allylic oxidation sites excluding steroid dienone is 1. The number of methoxy groups -OCH3 is 1. The molecule has 0 spiro atoms. The van der Waals surface area contributed by atoms with E-state index in [-0.39, 0.29) is 37.8 Å². The minimum absolute atomic E-state index is 0.0208. The van der Waals surface area contributed by atoms with Gasteiger partial charge in [0.1, 0.15) is 17.9 Å². The van der Waals surface area contributed by atoms with Crippen LogP contribution >= 0.6 is 11.6 Å². The molecule has 0 fully saturated rings. The normalized spacial score (nSPS) is 13.9. The molecule has 0 radical (unpaired) electrons. The summed E-state index contributed by atoms with van der Waals surface area (Å²) in [5.41, 5.74) is 5.88.